The number of carbonyl (C=O) groups is 1. The lowest BCUT2D eigenvalue weighted by Crippen LogP contribution is -2.12. The van der Waals surface area contributed by atoms with Crippen LogP contribution in [0.1, 0.15) is 48.1 Å². The van der Waals surface area contributed by atoms with Crippen LogP contribution in [0.3, 0.4) is 0 Å². The van der Waals surface area contributed by atoms with Crippen molar-refractivity contribution in [3.8, 4) is 11.1 Å². The van der Waals surface area contributed by atoms with Crippen LogP contribution in [0.25, 0.3) is 34.3 Å². The number of nitrogens with two attached hydrogens (primary N) is 1. The summed E-state index contributed by atoms with van der Waals surface area (Å²) in [5, 5.41) is 0. The fraction of sp³-hybridized carbons (Fsp3) is 0.154. The lowest BCUT2D eigenvalue weighted by molar-refractivity contribution is 0.100. The molecule has 3 aromatic carbocycles. The molecule has 4 aromatic rings. The normalized spacial score (nSPS) is 12.0. The summed E-state index contributed by atoms with van der Waals surface area (Å²) in [6, 6.07) is 21.9. The Morgan fingerprint density at radius 2 is 1.70 bits per heavy atom. The van der Waals surface area contributed by atoms with E-state index in [-0.39, 0.29) is 5.41 Å². The van der Waals surface area contributed by atoms with Gasteiger partial charge in [0.25, 0.3) is 0 Å². The van der Waals surface area contributed by atoms with Gasteiger partial charge in [0, 0.05) is 5.56 Å². The molecule has 0 atom stereocenters. The molecule has 0 saturated carbocycles. The first-order valence-corrected chi connectivity index (χ1v) is 9.99. The Balaban J connectivity index is 1.62. The van der Waals surface area contributed by atoms with Crippen molar-refractivity contribution in [2.24, 2.45) is 5.73 Å². The Kier molecular flexibility index (Phi) is 5.00. The number of aromatic amines is 1. The van der Waals surface area contributed by atoms with Gasteiger partial charge in [-0.3, -0.25) is 4.79 Å². The van der Waals surface area contributed by atoms with Crippen molar-refractivity contribution in [3.63, 3.8) is 0 Å². The largest absolute Gasteiger partial charge is 0.366 e. The SMILES string of the molecule is CC(C)(C)c1ccc(/C=C/c2nc3cc(-c4ccccc4C(N)=O)ccc3[nH]2)cc1. The molecule has 0 bridgehead atoms. The standard InChI is InChI=1S/C26H25N3O/c1-26(2,3)19-12-8-17(9-13-19)10-15-24-28-22-14-11-18(16-23(22)29-24)20-6-4-5-7-21(20)25(27)30/h4-16H,1-3H3,(H2,27,30)(H,28,29)/b15-10+. The third-order valence-electron chi connectivity index (χ3n) is 5.22. The molecule has 0 saturated heterocycles. The van der Waals surface area contributed by atoms with E-state index < -0.39 is 5.91 Å². The van der Waals surface area contributed by atoms with Crippen LogP contribution in [0.15, 0.2) is 66.7 Å². The summed E-state index contributed by atoms with van der Waals surface area (Å²) in [6.45, 7) is 6.63. The molecule has 4 heteroatoms. The van der Waals surface area contributed by atoms with Gasteiger partial charge in [0.2, 0.25) is 5.91 Å². The lowest BCUT2D eigenvalue weighted by atomic mass is 9.87. The molecule has 0 aliphatic carbocycles. The zero-order valence-electron chi connectivity index (χ0n) is 17.4. The molecule has 0 aliphatic rings. The Morgan fingerprint density at radius 1 is 0.967 bits per heavy atom. The summed E-state index contributed by atoms with van der Waals surface area (Å²) in [4.78, 5) is 19.8. The molecule has 0 spiro atoms. The summed E-state index contributed by atoms with van der Waals surface area (Å²) in [5.74, 6) is 0.346. The van der Waals surface area contributed by atoms with E-state index >= 15 is 0 Å². The number of nitrogens with one attached hydrogen (secondary N) is 1. The van der Waals surface area contributed by atoms with E-state index in [0.717, 1.165) is 33.5 Å². The maximum atomic E-state index is 11.7. The molecule has 0 fully saturated rings. The van der Waals surface area contributed by atoms with Gasteiger partial charge < -0.3 is 10.7 Å². The van der Waals surface area contributed by atoms with Crippen molar-refractivity contribution in [1.82, 2.24) is 9.97 Å². The monoisotopic (exact) mass is 395 g/mol. The molecule has 0 radical (unpaired) electrons. The van der Waals surface area contributed by atoms with Crippen LogP contribution >= 0.6 is 0 Å². The van der Waals surface area contributed by atoms with Crippen molar-refractivity contribution in [2.75, 3.05) is 0 Å². The van der Waals surface area contributed by atoms with E-state index in [1.165, 1.54) is 5.56 Å². The van der Waals surface area contributed by atoms with Crippen LogP contribution in [0, 0.1) is 0 Å². The van der Waals surface area contributed by atoms with Gasteiger partial charge in [0.05, 0.1) is 11.0 Å². The number of benzene rings is 3. The van der Waals surface area contributed by atoms with Crippen LogP contribution < -0.4 is 5.73 Å². The predicted molar refractivity (Wildman–Crippen MR) is 124 cm³/mol. The van der Waals surface area contributed by atoms with Gasteiger partial charge in [0.15, 0.2) is 0 Å². The first-order valence-electron chi connectivity index (χ1n) is 9.99. The highest BCUT2D eigenvalue weighted by Gasteiger charge is 2.13. The highest BCUT2D eigenvalue weighted by atomic mass is 16.1. The smallest absolute Gasteiger partial charge is 0.249 e. The number of carbonyl (C=O) groups excluding carboxylic acids is 1. The number of rotatable bonds is 4. The number of H-pyrrole nitrogens is 1. The highest BCUT2D eigenvalue weighted by Crippen LogP contribution is 2.27. The fourth-order valence-corrected chi connectivity index (χ4v) is 3.49. The van der Waals surface area contributed by atoms with E-state index in [9.17, 15) is 4.79 Å². The number of fused-ring (bicyclic) bond motifs is 1. The van der Waals surface area contributed by atoms with Crippen molar-refractivity contribution < 1.29 is 4.79 Å². The minimum Gasteiger partial charge on any atom is -0.366 e. The Hall–Kier alpha value is -3.66. The number of primary amides is 1. The summed E-state index contributed by atoms with van der Waals surface area (Å²) in [6.07, 6.45) is 4.02. The molecule has 1 aromatic heterocycles. The average molecular weight is 396 g/mol. The topological polar surface area (TPSA) is 71.8 Å². The van der Waals surface area contributed by atoms with Crippen LogP contribution in [-0.4, -0.2) is 15.9 Å². The number of nitrogens with zero attached hydrogens (tertiary/aromatic N) is 1. The molecular formula is C26H25N3O. The summed E-state index contributed by atoms with van der Waals surface area (Å²) < 4.78 is 0. The molecule has 30 heavy (non-hydrogen) atoms. The summed E-state index contributed by atoms with van der Waals surface area (Å²) in [7, 11) is 0. The van der Waals surface area contributed by atoms with Crippen molar-refractivity contribution in [2.45, 2.75) is 26.2 Å². The van der Waals surface area contributed by atoms with Crippen LogP contribution in [0.4, 0.5) is 0 Å². The first-order chi connectivity index (χ1) is 14.3. The second-order valence-electron chi connectivity index (χ2n) is 8.47. The van der Waals surface area contributed by atoms with Gasteiger partial charge in [-0.1, -0.05) is 75.4 Å². The summed E-state index contributed by atoms with van der Waals surface area (Å²) in [5.41, 5.74) is 12.1. The van der Waals surface area contributed by atoms with Crippen LogP contribution in [-0.2, 0) is 5.41 Å². The van der Waals surface area contributed by atoms with E-state index in [1.54, 1.807) is 6.07 Å². The van der Waals surface area contributed by atoms with Gasteiger partial charge in [0.1, 0.15) is 5.82 Å². The highest BCUT2D eigenvalue weighted by molar-refractivity contribution is 6.00. The Morgan fingerprint density at radius 3 is 2.40 bits per heavy atom. The number of amides is 1. The molecule has 150 valence electrons. The average Bonchev–Trinajstić information content (AvgIpc) is 3.14. The quantitative estimate of drug-likeness (QED) is 0.458. The van der Waals surface area contributed by atoms with Crippen molar-refractivity contribution in [3.05, 3.63) is 89.2 Å². The zero-order chi connectivity index (χ0) is 21.3. The molecule has 3 N–H and O–H groups in total. The van der Waals surface area contributed by atoms with E-state index in [1.807, 2.05) is 48.6 Å². The van der Waals surface area contributed by atoms with Crippen molar-refractivity contribution >= 4 is 29.1 Å². The Labute approximate surface area is 176 Å². The molecular weight excluding hydrogens is 370 g/mol. The second kappa shape index (κ2) is 7.64. The number of hydrogen-bond acceptors (Lipinski definition) is 2. The van der Waals surface area contributed by atoms with Gasteiger partial charge in [-0.15, -0.1) is 0 Å². The third-order valence-corrected chi connectivity index (χ3v) is 5.22. The zero-order valence-corrected chi connectivity index (χ0v) is 17.4. The van der Waals surface area contributed by atoms with E-state index in [4.69, 9.17) is 5.73 Å². The van der Waals surface area contributed by atoms with Gasteiger partial charge in [-0.25, -0.2) is 4.98 Å². The fourth-order valence-electron chi connectivity index (χ4n) is 3.49. The minimum atomic E-state index is -0.436. The molecule has 0 unspecified atom stereocenters. The van der Waals surface area contributed by atoms with Gasteiger partial charge in [-0.05, 0) is 51.9 Å². The minimum absolute atomic E-state index is 0.145. The Bertz CT molecular complexity index is 1240. The number of imidazole rings is 1. The summed E-state index contributed by atoms with van der Waals surface area (Å²) >= 11 is 0. The maximum absolute atomic E-state index is 11.7. The van der Waals surface area contributed by atoms with Crippen molar-refractivity contribution in [1.29, 1.82) is 0 Å². The predicted octanol–water partition coefficient (Wildman–Crippen LogP) is 5.80. The van der Waals surface area contributed by atoms with Crippen LogP contribution in [0.5, 0.6) is 0 Å². The molecule has 4 nitrogen and oxygen atoms in total. The first kappa shape index (κ1) is 19.6. The number of aromatic nitrogens is 2. The molecule has 1 heterocycles. The number of hydrogen-bond donors (Lipinski definition) is 2. The van der Waals surface area contributed by atoms with Crippen LogP contribution in [0.2, 0.25) is 0 Å². The molecule has 4 rings (SSSR count). The lowest BCUT2D eigenvalue weighted by Gasteiger charge is -2.18. The maximum Gasteiger partial charge on any atom is 0.249 e. The van der Waals surface area contributed by atoms with Gasteiger partial charge in [-0.2, -0.15) is 0 Å². The van der Waals surface area contributed by atoms with E-state index in [0.29, 0.717) is 5.56 Å². The molecule has 1 amide bonds. The third kappa shape index (κ3) is 4.03. The molecule has 0 aliphatic heterocycles. The van der Waals surface area contributed by atoms with Gasteiger partial charge >= 0.3 is 0 Å². The van der Waals surface area contributed by atoms with E-state index in [2.05, 4.69) is 55.0 Å². The second-order valence-corrected chi connectivity index (χ2v) is 8.47.